The molecule has 1 saturated heterocycles. The quantitative estimate of drug-likeness (QED) is 0.902. The second-order valence-electron chi connectivity index (χ2n) is 5.16. The summed E-state index contributed by atoms with van der Waals surface area (Å²) in [4.78, 5) is 2.28. The van der Waals surface area contributed by atoms with E-state index in [1.165, 1.54) is 16.7 Å². The molecule has 1 heterocycles. The highest BCUT2D eigenvalue weighted by Crippen LogP contribution is 2.26. The molecule has 0 saturated carbocycles. The highest BCUT2D eigenvalue weighted by Gasteiger charge is 2.36. The van der Waals surface area contributed by atoms with Crippen LogP contribution in [-0.2, 0) is 6.54 Å². The number of benzene rings is 1. The third-order valence-corrected chi connectivity index (χ3v) is 3.63. The number of β-amino-alcohol motifs (C(OH)–C–C–N with tert-alkyl or cyclic N) is 1. The lowest BCUT2D eigenvalue weighted by atomic mass is 9.94. The Morgan fingerprint density at radius 3 is 2.25 bits per heavy atom. The number of likely N-dealkylation sites (tertiary alicyclic amines) is 1. The molecule has 0 spiro atoms. The van der Waals surface area contributed by atoms with Crippen LogP contribution in [-0.4, -0.2) is 28.7 Å². The minimum absolute atomic E-state index is 0.475. The molecule has 1 N–H and O–H groups in total. The van der Waals surface area contributed by atoms with Crippen molar-refractivity contribution in [1.82, 2.24) is 4.90 Å². The fourth-order valence-corrected chi connectivity index (χ4v) is 3.13. The summed E-state index contributed by atoms with van der Waals surface area (Å²) in [6.07, 6.45) is 0. The predicted molar refractivity (Wildman–Crippen MR) is 69.5 cm³/mol. The molecule has 0 bridgehead atoms. The highest BCUT2D eigenvalue weighted by atomic mass is 79.9. The molecular weight excluding hydrogens is 266 g/mol. The Morgan fingerprint density at radius 1 is 1.31 bits per heavy atom. The van der Waals surface area contributed by atoms with Crippen molar-refractivity contribution in [2.45, 2.75) is 32.9 Å². The van der Waals surface area contributed by atoms with Crippen molar-refractivity contribution in [3.8, 4) is 0 Å². The van der Waals surface area contributed by atoms with Crippen LogP contribution in [0.25, 0.3) is 0 Å². The van der Waals surface area contributed by atoms with Crippen molar-refractivity contribution in [3.05, 3.63) is 33.3 Å². The summed E-state index contributed by atoms with van der Waals surface area (Å²) in [7, 11) is 0. The van der Waals surface area contributed by atoms with E-state index in [1.54, 1.807) is 0 Å². The molecule has 1 aromatic carbocycles. The molecule has 1 aliphatic rings. The van der Waals surface area contributed by atoms with Crippen LogP contribution in [0.4, 0.5) is 0 Å². The summed E-state index contributed by atoms with van der Waals surface area (Å²) in [6.45, 7) is 8.69. The van der Waals surface area contributed by atoms with Gasteiger partial charge in [0.25, 0.3) is 0 Å². The Balaban J connectivity index is 2.11. The lowest BCUT2D eigenvalue weighted by molar-refractivity contribution is -0.0872. The number of rotatable bonds is 2. The lowest BCUT2D eigenvalue weighted by Crippen LogP contribution is -2.59. The molecule has 88 valence electrons. The molecule has 2 nitrogen and oxygen atoms in total. The minimum atomic E-state index is -0.475. The van der Waals surface area contributed by atoms with Gasteiger partial charge in [0.15, 0.2) is 0 Å². The van der Waals surface area contributed by atoms with Crippen molar-refractivity contribution in [2.75, 3.05) is 13.1 Å². The minimum Gasteiger partial charge on any atom is -0.388 e. The van der Waals surface area contributed by atoms with E-state index in [4.69, 9.17) is 0 Å². The first-order valence-corrected chi connectivity index (χ1v) is 6.37. The van der Waals surface area contributed by atoms with Crippen LogP contribution in [0.5, 0.6) is 0 Å². The van der Waals surface area contributed by atoms with Gasteiger partial charge in [-0.25, -0.2) is 0 Å². The van der Waals surface area contributed by atoms with E-state index in [0.29, 0.717) is 0 Å². The summed E-state index contributed by atoms with van der Waals surface area (Å²) in [5.41, 5.74) is 3.55. The molecule has 0 atom stereocenters. The summed E-state index contributed by atoms with van der Waals surface area (Å²) in [6, 6.07) is 4.31. The van der Waals surface area contributed by atoms with Crippen molar-refractivity contribution >= 4 is 15.9 Å². The van der Waals surface area contributed by atoms with E-state index in [0.717, 1.165) is 24.1 Å². The molecule has 0 aliphatic carbocycles. The fraction of sp³-hybridized carbons (Fsp3) is 0.538. The van der Waals surface area contributed by atoms with Gasteiger partial charge >= 0.3 is 0 Å². The molecule has 0 aromatic heterocycles. The van der Waals surface area contributed by atoms with Crippen LogP contribution in [0.1, 0.15) is 23.6 Å². The largest absolute Gasteiger partial charge is 0.388 e. The molecule has 1 fully saturated rings. The monoisotopic (exact) mass is 283 g/mol. The number of hydrogen-bond acceptors (Lipinski definition) is 2. The zero-order valence-electron chi connectivity index (χ0n) is 10.0. The van der Waals surface area contributed by atoms with Gasteiger partial charge in [-0.05, 0) is 49.6 Å². The molecule has 0 unspecified atom stereocenters. The van der Waals surface area contributed by atoms with Gasteiger partial charge in [0, 0.05) is 24.1 Å². The number of aryl methyl sites for hydroxylation is 2. The van der Waals surface area contributed by atoms with Crippen LogP contribution < -0.4 is 0 Å². The smallest absolute Gasteiger partial charge is 0.0872 e. The Morgan fingerprint density at radius 2 is 1.81 bits per heavy atom. The van der Waals surface area contributed by atoms with Gasteiger partial charge in [-0.1, -0.05) is 15.9 Å². The Labute approximate surface area is 105 Å². The zero-order chi connectivity index (χ0) is 11.9. The zero-order valence-corrected chi connectivity index (χ0v) is 11.6. The maximum absolute atomic E-state index is 9.70. The van der Waals surface area contributed by atoms with E-state index in [1.807, 2.05) is 6.92 Å². The normalized spacial score (nSPS) is 19.6. The molecule has 0 amide bonds. The molecule has 3 heteroatoms. The molecule has 16 heavy (non-hydrogen) atoms. The first-order chi connectivity index (χ1) is 7.37. The molecule has 1 aromatic rings. The Kier molecular flexibility index (Phi) is 3.12. The van der Waals surface area contributed by atoms with Crippen LogP contribution in [0.3, 0.4) is 0 Å². The third kappa shape index (κ3) is 2.47. The van der Waals surface area contributed by atoms with Crippen molar-refractivity contribution in [3.63, 3.8) is 0 Å². The number of hydrogen-bond donors (Lipinski definition) is 1. The average molecular weight is 284 g/mol. The van der Waals surface area contributed by atoms with Crippen molar-refractivity contribution in [1.29, 1.82) is 0 Å². The van der Waals surface area contributed by atoms with Gasteiger partial charge in [-0.3, -0.25) is 4.90 Å². The Hall–Kier alpha value is -0.380. The van der Waals surface area contributed by atoms with E-state index < -0.39 is 5.60 Å². The van der Waals surface area contributed by atoms with E-state index in [-0.39, 0.29) is 0 Å². The standard InChI is InChI=1S/C13H18BrNO/c1-9-4-11(14)5-10(2)12(9)6-15-7-13(3,16)8-15/h4-5,16H,6-8H2,1-3H3. The maximum atomic E-state index is 9.70. The summed E-state index contributed by atoms with van der Waals surface area (Å²) < 4.78 is 1.14. The van der Waals surface area contributed by atoms with Gasteiger partial charge in [0.1, 0.15) is 0 Å². The summed E-state index contributed by atoms with van der Waals surface area (Å²) >= 11 is 3.51. The molecule has 1 aliphatic heterocycles. The summed E-state index contributed by atoms with van der Waals surface area (Å²) in [5.74, 6) is 0. The molecule has 0 radical (unpaired) electrons. The van der Waals surface area contributed by atoms with E-state index >= 15 is 0 Å². The topological polar surface area (TPSA) is 23.5 Å². The highest BCUT2D eigenvalue weighted by molar-refractivity contribution is 9.10. The average Bonchev–Trinajstić information content (AvgIpc) is 2.07. The first kappa shape index (κ1) is 12.1. The predicted octanol–water partition coefficient (Wildman–Crippen LogP) is 2.63. The Bertz CT molecular complexity index is 383. The van der Waals surface area contributed by atoms with Crippen molar-refractivity contribution < 1.29 is 5.11 Å². The van der Waals surface area contributed by atoms with Crippen LogP contribution >= 0.6 is 15.9 Å². The van der Waals surface area contributed by atoms with Gasteiger partial charge < -0.3 is 5.11 Å². The number of halogens is 1. The number of aliphatic hydroxyl groups is 1. The second kappa shape index (κ2) is 4.13. The van der Waals surface area contributed by atoms with E-state index in [2.05, 4.69) is 46.8 Å². The molecular formula is C13H18BrNO. The van der Waals surface area contributed by atoms with Crippen molar-refractivity contribution in [2.24, 2.45) is 0 Å². The van der Waals surface area contributed by atoms with Gasteiger partial charge in [0.05, 0.1) is 5.60 Å². The van der Waals surface area contributed by atoms with Crippen LogP contribution in [0.15, 0.2) is 16.6 Å². The first-order valence-electron chi connectivity index (χ1n) is 5.58. The molecule has 2 rings (SSSR count). The third-order valence-electron chi connectivity index (χ3n) is 3.17. The van der Waals surface area contributed by atoms with E-state index in [9.17, 15) is 5.11 Å². The van der Waals surface area contributed by atoms with Crippen LogP contribution in [0, 0.1) is 13.8 Å². The maximum Gasteiger partial charge on any atom is 0.0872 e. The number of nitrogens with zero attached hydrogens (tertiary/aromatic N) is 1. The van der Waals surface area contributed by atoms with Gasteiger partial charge in [0.2, 0.25) is 0 Å². The van der Waals surface area contributed by atoms with Gasteiger partial charge in [-0.2, -0.15) is 0 Å². The summed E-state index contributed by atoms with van der Waals surface area (Å²) in [5, 5.41) is 9.70. The SMILES string of the molecule is Cc1cc(Br)cc(C)c1CN1CC(C)(O)C1. The second-order valence-corrected chi connectivity index (χ2v) is 6.08. The fourth-order valence-electron chi connectivity index (χ4n) is 2.44. The lowest BCUT2D eigenvalue weighted by Gasteiger charge is -2.44. The van der Waals surface area contributed by atoms with Crippen LogP contribution in [0.2, 0.25) is 0 Å². The van der Waals surface area contributed by atoms with Gasteiger partial charge in [-0.15, -0.1) is 0 Å².